The van der Waals surface area contributed by atoms with E-state index in [1.807, 2.05) is 13.8 Å². The minimum atomic E-state index is -0.263. The van der Waals surface area contributed by atoms with E-state index in [0.717, 1.165) is 47.6 Å². The second-order valence-electron chi connectivity index (χ2n) is 7.24. The molecule has 3 rings (SSSR count). The number of esters is 1. The van der Waals surface area contributed by atoms with Crippen LogP contribution in [-0.2, 0) is 11.2 Å². The quantitative estimate of drug-likeness (QED) is 0.623. The van der Waals surface area contributed by atoms with Crippen molar-refractivity contribution in [3.63, 3.8) is 0 Å². The van der Waals surface area contributed by atoms with E-state index in [0.29, 0.717) is 0 Å². The van der Waals surface area contributed by atoms with E-state index >= 15 is 0 Å². The molecule has 0 aliphatic carbocycles. The second kappa shape index (κ2) is 7.14. The first kappa shape index (κ1) is 17.3. The molecule has 0 saturated carbocycles. The third-order valence-corrected chi connectivity index (χ3v) is 5.49. The summed E-state index contributed by atoms with van der Waals surface area (Å²) in [5.41, 5.74) is 4.40. The van der Waals surface area contributed by atoms with Crippen molar-refractivity contribution >= 4 is 5.97 Å². The topological polar surface area (TPSA) is 38.8 Å². The summed E-state index contributed by atoms with van der Waals surface area (Å²) < 4.78 is 11.8. The second-order valence-corrected chi connectivity index (χ2v) is 7.24. The van der Waals surface area contributed by atoms with E-state index in [9.17, 15) is 4.79 Å². The lowest BCUT2D eigenvalue weighted by molar-refractivity contribution is -0.131. The molecule has 0 N–H and O–H groups in total. The minimum Gasteiger partial charge on any atom is -0.489 e. The molecule has 1 aromatic rings. The van der Waals surface area contributed by atoms with Crippen LogP contribution in [0.1, 0.15) is 54.9 Å². The summed E-state index contributed by atoms with van der Waals surface area (Å²) in [5.74, 6) is 1.48. The molecule has 2 aliphatic heterocycles. The van der Waals surface area contributed by atoms with Crippen LogP contribution in [0.25, 0.3) is 0 Å². The highest BCUT2D eigenvalue weighted by atomic mass is 16.5. The predicted molar refractivity (Wildman–Crippen MR) is 95.0 cm³/mol. The van der Waals surface area contributed by atoms with E-state index in [-0.39, 0.29) is 12.1 Å². The van der Waals surface area contributed by atoms with Crippen molar-refractivity contribution < 1.29 is 14.3 Å². The number of likely N-dealkylation sites (tertiary alicyclic amines) is 1. The molecule has 4 heteroatoms. The molecule has 1 unspecified atom stereocenters. The molecule has 1 atom stereocenters. The van der Waals surface area contributed by atoms with Gasteiger partial charge >= 0.3 is 5.97 Å². The number of benzene rings is 1. The van der Waals surface area contributed by atoms with Crippen LogP contribution >= 0.6 is 0 Å². The molecule has 2 aliphatic rings. The molecule has 1 saturated heterocycles. The standard InChI is InChI=1S/C20H29NO3/c1-13-14(2)20-18(15(3)19(13)23-16(4)22)12-17(24-20)8-11-21-9-6-5-7-10-21/h17H,5-12H2,1-4H3. The summed E-state index contributed by atoms with van der Waals surface area (Å²) in [4.78, 5) is 14.0. The molecule has 4 nitrogen and oxygen atoms in total. The van der Waals surface area contributed by atoms with Gasteiger partial charge in [0.25, 0.3) is 0 Å². The Balaban J connectivity index is 1.72. The number of carbonyl (C=O) groups excluding carboxylic acids is 1. The molecule has 0 spiro atoms. The monoisotopic (exact) mass is 331 g/mol. The molecular weight excluding hydrogens is 302 g/mol. The van der Waals surface area contributed by atoms with Gasteiger partial charge in [-0.3, -0.25) is 4.79 Å². The fourth-order valence-corrected chi connectivity index (χ4v) is 3.96. The first-order chi connectivity index (χ1) is 11.5. The maximum Gasteiger partial charge on any atom is 0.308 e. The van der Waals surface area contributed by atoms with Crippen molar-refractivity contribution in [1.82, 2.24) is 4.90 Å². The van der Waals surface area contributed by atoms with Gasteiger partial charge in [0.15, 0.2) is 0 Å². The van der Waals surface area contributed by atoms with Gasteiger partial charge in [-0.1, -0.05) is 6.42 Å². The molecule has 0 radical (unpaired) electrons. The van der Waals surface area contributed by atoms with E-state index < -0.39 is 0 Å². The molecule has 24 heavy (non-hydrogen) atoms. The van der Waals surface area contributed by atoms with Crippen molar-refractivity contribution in [1.29, 1.82) is 0 Å². The maximum atomic E-state index is 11.4. The van der Waals surface area contributed by atoms with E-state index in [4.69, 9.17) is 9.47 Å². The molecule has 1 fully saturated rings. The number of hydrogen-bond donors (Lipinski definition) is 0. The average Bonchev–Trinajstić information content (AvgIpc) is 3.00. The number of fused-ring (bicyclic) bond motifs is 1. The number of piperidine rings is 1. The zero-order chi connectivity index (χ0) is 17.3. The van der Waals surface area contributed by atoms with Crippen molar-refractivity contribution in [2.24, 2.45) is 0 Å². The molecule has 1 aromatic carbocycles. The van der Waals surface area contributed by atoms with Gasteiger partial charge in [-0.2, -0.15) is 0 Å². The molecule has 0 amide bonds. The van der Waals surface area contributed by atoms with Crippen LogP contribution in [0, 0.1) is 20.8 Å². The van der Waals surface area contributed by atoms with Crippen LogP contribution < -0.4 is 9.47 Å². The maximum absolute atomic E-state index is 11.4. The van der Waals surface area contributed by atoms with Crippen molar-refractivity contribution in [2.75, 3.05) is 19.6 Å². The fraction of sp³-hybridized carbons (Fsp3) is 0.650. The number of ether oxygens (including phenoxy) is 2. The number of rotatable bonds is 4. The van der Waals surface area contributed by atoms with E-state index in [1.54, 1.807) is 0 Å². The van der Waals surface area contributed by atoms with E-state index in [1.165, 1.54) is 44.8 Å². The van der Waals surface area contributed by atoms with Gasteiger partial charge in [0, 0.05) is 25.5 Å². The lowest BCUT2D eigenvalue weighted by atomic mass is 9.95. The van der Waals surface area contributed by atoms with Gasteiger partial charge in [-0.25, -0.2) is 0 Å². The predicted octanol–water partition coefficient (Wildman–Crippen LogP) is 3.72. The highest BCUT2D eigenvalue weighted by Crippen LogP contribution is 2.43. The molecule has 2 heterocycles. The van der Waals surface area contributed by atoms with Gasteiger partial charge in [0.1, 0.15) is 17.6 Å². The smallest absolute Gasteiger partial charge is 0.308 e. The van der Waals surface area contributed by atoms with Gasteiger partial charge < -0.3 is 14.4 Å². The number of carbonyl (C=O) groups is 1. The van der Waals surface area contributed by atoms with Gasteiger partial charge in [0.2, 0.25) is 0 Å². The van der Waals surface area contributed by atoms with Gasteiger partial charge in [-0.15, -0.1) is 0 Å². The Morgan fingerprint density at radius 1 is 1.12 bits per heavy atom. The zero-order valence-corrected chi connectivity index (χ0v) is 15.4. The minimum absolute atomic E-state index is 0.242. The lowest BCUT2D eigenvalue weighted by Crippen LogP contribution is -2.33. The normalized spacial score (nSPS) is 20.6. The Bertz CT molecular complexity index is 633. The fourth-order valence-electron chi connectivity index (χ4n) is 3.96. The average molecular weight is 331 g/mol. The van der Waals surface area contributed by atoms with Crippen LogP contribution in [0.4, 0.5) is 0 Å². The Kier molecular flexibility index (Phi) is 5.14. The third kappa shape index (κ3) is 3.44. The Morgan fingerprint density at radius 3 is 2.50 bits per heavy atom. The molecule has 0 aromatic heterocycles. The molecular formula is C20H29NO3. The number of nitrogens with zero attached hydrogens (tertiary/aromatic N) is 1. The van der Waals surface area contributed by atoms with Crippen LogP contribution in [0.2, 0.25) is 0 Å². The highest BCUT2D eigenvalue weighted by Gasteiger charge is 2.30. The Labute approximate surface area is 145 Å². The van der Waals surface area contributed by atoms with Gasteiger partial charge in [-0.05, 0) is 69.8 Å². The van der Waals surface area contributed by atoms with Crippen LogP contribution in [0.5, 0.6) is 11.5 Å². The van der Waals surface area contributed by atoms with Crippen LogP contribution in [0.3, 0.4) is 0 Å². The van der Waals surface area contributed by atoms with Crippen molar-refractivity contribution in [3.05, 3.63) is 22.3 Å². The largest absolute Gasteiger partial charge is 0.489 e. The highest BCUT2D eigenvalue weighted by molar-refractivity contribution is 5.72. The zero-order valence-electron chi connectivity index (χ0n) is 15.4. The molecule has 132 valence electrons. The SMILES string of the molecule is CC(=O)Oc1c(C)c(C)c2c(c1C)CC(CCN1CCCCC1)O2. The first-order valence-electron chi connectivity index (χ1n) is 9.17. The Hall–Kier alpha value is -1.55. The van der Waals surface area contributed by atoms with E-state index in [2.05, 4.69) is 11.8 Å². The van der Waals surface area contributed by atoms with Crippen molar-refractivity contribution in [3.8, 4) is 11.5 Å². The Morgan fingerprint density at radius 2 is 1.83 bits per heavy atom. The lowest BCUT2D eigenvalue weighted by Gasteiger charge is -2.27. The summed E-state index contributed by atoms with van der Waals surface area (Å²) in [6, 6.07) is 0. The summed E-state index contributed by atoms with van der Waals surface area (Å²) in [6.07, 6.45) is 6.26. The third-order valence-electron chi connectivity index (χ3n) is 5.49. The summed E-state index contributed by atoms with van der Waals surface area (Å²) in [5, 5.41) is 0. The van der Waals surface area contributed by atoms with Gasteiger partial charge in [0.05, 0.1) is 0 Å². The van der Waals surface area contributed by atoms with Crippen molar-refractivity contribution in [2.45, 2.75) is 65.9 Å². The van der Waals surface area contributed by atoms with Crippen LogP contribution in [-0.4, -0.2) is 36.6 Å². The molecule has 0 bridgehead atoms. The first-order valence-corrected chi connectivity index (χ1v) is 9.17. The number of hydrogen-bond acceptors (Lipinski definition) is 4. The summed E-state index contributed by atoms with van der Waals surface area (Å²) in [7, 11) is 0. The summed E-state index contributed by atoms with van der Waals surface area (Å²) in [6.45, 7) is 11.1. The summed E-state index contributed by atoms with van der Waals surface area (Å²) >= 11 is 0. The van der Waals surface area contributed by atoms with Crippen LogP contribution in [0.15, 0.2) is 0 Å².